The second-order valence-electron chi connectivity index (χ2n) is 10.2. The number of rotatable bonds is 4. The Hall–Kier alpha value is -4.19. The fourth-order valence-corrected chi connectivity index (χ4v) is 5.79. The van der Waals surface area contributed by atoms with Gasteiger partial charge in [-0.3, -0.25) is 14.7 Å². The Bertz CT molecular complexity index is 1610. The van der Waals surface area contributed by atoms with Gasteiger partial charge in [0.15, 0.2) is 11.5 Å². The zero-order valence-electron chi connectivity index (χ0n) is 20.7. The number of aliphatic hydroxyl groups is 1. The molecule has 3 aliphatic rings. The number of anilines is 3. The van der Waals surface area contributed by atoms with Crippen LogP contribution in [0.25, 0.3) is 5.65 Å². The van der Waals surface area contributed by atoms with Crippen molar-refractivity contribution in [1.82, 2.24) is 19.6 Å². The number of benzene rings is 1. The van der Waals surface area contributed by atoms with E-state index in [9.17, 15) is 23.1 Å². The number of aliphatic hydroxyl groups excluding tert-OH is 1. The van der Waals surface area contributed by atoms with Gasteiger partial charge in [-0.2, -0.15) is 4.52 Å². The number of amides is 1. The summed E-state index contributed by atoms with van der Waals surface area (Å²) in [4.78, 5) is 27.5. The van der Waals surface area contributed by atoms with Crippen LogP contribution < -0.4 is 14.7 Å². The molecule has 0 radical (unpaired) electrons. The van der Waals surface area contributed by atoms with Gasteiger partial charge in [-0.25, -0.2) is 18.2 Å². The van der Waals surface area contributed by atoms with Crippen molar-refractivity contribution in [3.63, 3.8) is 0 Å². The van der Waals surface area contributed by atoms with Gasteiger partial charge in [0.25, 0.3) is 5.91 Å². The number of nitrogens with zero attached hydrogens (tertiary/aromatic N) is 7. The Kier molecular flexibility index (Phi) is 5.48. The van der Waals surface area contributed by atoms with Crippen molar-refractivity contribution in [1.29, 1.82) is 0 Å². The molecule has 0 aliphatic carbocycles. The Morgan fingerprint density at radius 1 is 1.03 bits per heavy atom. The molecule has 7 rings (SSSR count). The number of β-amino-alcohol motifs (C(OH)–C–C–N with tert-alkyl or cyclic N) is 1. The third kappa shape index (κ3) is 3.97. The lowest BCUT2D eigenvalue weighted by molar-refractivity contribution is 0.0995. The highest BCUT2D eigenvalue weighted by molar-refractivity contribution is 6.09. The van der Waals surface area contributed by atoms with Crippen LogP contribution in [0.1, 0.15) is 40.5 Å². The van der Waals surface area contributed by atoms with Gasteiger partial charge >= 0.3 is 0 Å². The molecule has 2 fully saturated rings. The molecule has 9 nitrogen and oxygen atoms in total. The largest absolute Gasteiger partial charge is 0.391 e. The van der Waals surface area contributed by atoms with Crippen LogP contribution in [0.3, 0.4) is 0 Å². The Morgan fingerprint density at radius 2 is 1.90 bits per heavy atom. The van der Waals surface area contributed by atoms with Crippen LogP contribution in [0.5, 0.6) is 0 Å². The smallest absolute Gasteiger partial charge is 0.261 e. The minimum absolute atomic E-state index is 0.00115. The molecule has 200 valence electrons. The van der Waals surface area contributed by atoms with Crippen molar-refractivity contribution < 1.29 is 23.1 Å². The SMILES string of the molecule is O=C1c2cc(N3CC[C@H](O)C3)cnc2CN1c1cnc2ccc(N3C[C@@H](F)C[C@@H]3c3cc(F)ccc3F)nn12. The molecule has 4 aromatic rings. The van der Waals surface area contributed by atoms with E-state index in [-0.39, 0.29) is 31.0 Å². The lowest BCUT2D eigenvalue weighted by atomic mass is 10.0. The number of carbonyl (C=O) groups excluding carboxylic acids is 1. The van der Waals surface area contributed by atoms with E-state index in [0.29, 0.717) is 48.1 Å². The number of hydrogen-bond acceptors (Lipinski definition) is 7. The van der Waals surface area contributed by atoms with Gasteiger partial charge in [0, 0.05) is 25.1 Å². The van der Waals surface area contributed by atoms with Crippen LogP contribution in [0.4, 0.5) is 30.5 Å². The molecule has 1 aromatic carbocycles. The average molecular weight is 536 g/mol. The third-order valence-corrected chi connectivity index (χ3v) is 7.74. The Labute approximate surface area is 221 Å². The van der Waals surface area contributed by atoms with Crippen molar-refractivity contribution in [3.05, 3.63) is 77.2 Å². The van der Waals surface area contributed by atoms with E-state index in [0.717, 1.165) is 23.9 Å². The van der Waals surface area contributed by atoms with Crippen LogP contribution in [-0.2, 0) is 6.54 Å². The van der Waals surface area contributed by atoms with Crippen LogP contribution in [0.15, 0.2) is 48.8 Å². The van der Waals surface area contributed by atoms with E-state index in [2.05, 4.69) is 15.1 Å². The first kappa shape index (κ1) is 23.9. The van der Waals surface area contributed by atoms with Gasteiger partial charge < -0.3 is 14.9 Å². The summed E-state index contributed by atoms with van der Waals surface area (Å²) in [5, 5.41) is 14.5. The highest BCUT2D eigenvalue weighted by Crippen LogP contribution is 2.38. The van der Waals surface area contributed by atoms with Gasteiger partial charge in [-0.05, 0) is 42.8 Å². The van der Waals surface area contributed by atoms with Crippen LogP contribution in [0.2, 0.25) is 0 Å². The van der Waals surface area contributed by atoms with E-state index in [4.69, 9.17) is 0 Å². The van der Waals surface area contributed by atoms with Crippen molar-refractivity contribution in [2.75, 3.05) is 34.3 Å². The molecule has 6 heterocycles. The molecule has 3 aromatic heterocycles. The first-order chi connectivity index (χ1) is 18.9. The molecular weight excluding hydrogens is 511 g/mol. The molecule has 0 spiro atoms. The maximum Gasteiger partial charge on any atom is 0.261 e. The number of halogens is 3. The van der Waals surface area contributed by atoms with Crippen LogP contribution >= 0.6 is 0 Å². The lowest BCUT2D eigenvalue weighted by Crippen LogP contribution is -2.27. The maximum absolute atomic E-state index is 14.6. The molecule has 3 aliphatic heterocycles. The molecule has 0 unspecified atom stereocenters. The summed E-state index contributed by atoms with van der Waals surface area (Å²) in [5.74, 6) is -0.692. The molecule has 39 heavy (non-hydrogen) atoms. The quantitative estimate of drug-likeness (QED) is 0.428. The standard InChI is InChI=1S/C27H24F3N7O2/c28-15-1-2-21(30)19(7-15)23-8-16(29)12-35(23)25-4-3-24-32-11-26(37(24)33-25)36-14-22-20(27(36)39)9-17(10-31-22)34-6-5-18(38)13-34/h1-4,7,9-11,16,18,23,38H,5-6,8,12-14H2/t16-,18-,23+/m0/s1. The monoisotopic (exact) mass is 535 g/mol. The predicted octanol–water partition coefficient (Wildman–Crippen LogP) is 3.42. The zero-order chi connectivity index (χ0) is 26.8. The Balaban J connectivity index is 1.22. The minimum Gasteiger partial charge on any atom is -0.391 e. The van der Waals surface area contributed by atoms with Crippen molar-refractivity contribution in [3.8, 4) is 0 Å². The van der Waals surface area contributed by atoms with Crippen LogP contribution in [-0.4, -0.2) is 62.5 Å². The number of carbonyl (C=O) groups is 1. The summed E-state index contributed by atoms with van der Waals surface area (Å²) in [6, 6.07) is 7.58. The van der Waals surface area contributed by atoms with E-state index in [1.165, 1.54) is 9.42 Å². The number of pyridine rings is 1. The van der Waals surface area contributed by atoms with E-state index >= 15 is 0 Å². The van der Waals surface area contributed by atoms with Gasteiger partial charge in [0.2, 0.25) is 0 Å². The zero-order valence-corrected chi connectivity index (χ0v) is 20.7. The van der Waals surface area contributed by atoms with Crippen molar-refractivity contribution in [2.24, 2.45) is 0 Å². The topological polar surface area (TPSA) is 90.1 Å². The molecular formula is C27H24F3N7O2. The summed E-state index contributed by atoms with van der Waals surface area (Å²) in [5.41, 5.74) is 2.42. The average Bonchev–Trinajstić information content (AvgIpc) is 3.71. The normalized spacial score (nSPS) is 22.9. The molecule has 3 atom stereocenters. The minimum atomic E-state index is -1.25. The first-order valence-corrected chi connectivity index (χ1v) is 12.8. The molecule has 0 saturated carbocycles. The summed E-state index contributed by atoms with van der Waals surface area (Å²) in [6.07, 6.45) is 2.27. The molecule has 2 saturated heterocycles. The summed E-state index contributed by atoms with van der Waals surface area (Å²) >= 11 is 0. The van der Waals surface area contributed by atoms with Gasteiger partial charge in [0.1, 0.15) is 23.6 Å². The maximum atomic E-state index is 14.6. The molecule has 12 heteroatoms. The predicted molar refractivity (Wildman–Crippen MR) is 137 cm³/mol. The van der Waals surface area contributed by atoms with E-state index in [1.807, 2.05) is 4.90 Å². The van der Waals surface area contributed by atoms with E-state index < -0.39 is 30.0 Å². The second-order valence-corrected chi connectivity index (χ2v) is 10.2. The number of aromatic nitrogens is 4. The number of hydrogen-bond donors (Lipinski definition) is 1. The number of imidazole rings is 1. The fraction of sp³-hybridized carbons (Fsp3) is 0.333. The molecule has 0 bridgehead atoms. The first-order valence-electron chi connectivity index (χ1n) is 12.8. The highest BCUT2D eigenvalue weighted by atomic mass is 19.1. The van der Waals surface area contributed by atoms with Crippen LogP contribution in [0, 0.1) is 11.6 Å². The highest BCUT2D eigenvalue weighted by Gasteiger charge is 2.37. The Morgan fingerprint density at radius 3 is 2.72 bits per heavy atom. The number of fused-ring (bicyclic) bond motifs is 2. The summed E-state index contributed by atoms with van der Waals surface area (Å²) in [7, 11) is 0. The van der Waals surface area contributed by atoms with Crippen molar-refractivity contribution >= 4 is 28.9 Å². The van der Waals surface area contributed by atoms with Gasteiger partial charge in [-0.1, -0.05) is 0 Å². The summed E-state index contributed by atoms with van der Waals surface area (Å²) in [6.45, 7) is 1.38. The molecule has 1 N–H and O–H groups in total. The second kappa shape index (κ2) is 8.94. The molecule has 1 amide bonds. The van der Waals surface area contributed by atoms with Gasteiger partial charge in [0.05, 0.1) is 54.6 Å². The van der Waals surface area contributed by atoms with Crippen molar-refractivity contribution in [2.45, 2.75) is 37.7 Å². The lowest BCUT2D eigenvalue weighted by Gasteiger charge is -2.26. The fourth-order valence-electron chi connectivity index (χ4n) is 5.79. The van der Waals surface area contributed by atoms with Gasteiger partial charge in [-0.15, -0.1) is 5.10 Å². The third-order valence-electron chi connectivity index (χ3n) is 7.74. The summed E-state index contributed by atoms with van der Waals surface area (Å²) < 4.78 is 44.6. The number of alkyl halides is 1. The van der Waals surface area contributed by atoms with E-state index in [1.54, 1.807) is 35.5 Å².